The van der Waals surface area contributed by atoms with Crippen molar-refractivity contribution >= 4 is 13.4 Å². The Labute approximate surface area is 41.9 Å². The van der Waals surface area contributed by atoms with E-state index >= 15 is 0 Å². The van der Waals surface area contributed by atoms with Crippen LogP contribution in [-0.4, -0.2) is 13.4 Å². The van der Waals surface area contributed by atoms with Gasteiger partial charge in [-0.3, -0.25) is 0 Å². The van der Waals surface area contributed by atoms with Crippen molar-refractivity contribution in [3.8, 4) is 0 Å². The van der Waals surface area contributed by atoms with Crippen LogP contribution in [0.1, 0.15) is 0 Å². The van der Waals surface area contributed by atoms with Crippen LogP contribution in [-0.2, 0) is 5.82 Å². The summed E-state index contributed by atoms with van der Waals surface area (Å²) in [6.07, 6.45) is 0. The molecule has 6 heavy (non-hydrogen) atoms. The molecule has 0 spiro atoms. The van der Waals surface area contributed by atoms with Gasteiger partial charge in [-0.05, 0) is 0 Å². The van der Waals surface area contributed by atoms with Gasteiger partial charge in [0.1, 0.15) is 0 Å². The van der Waals surface area contributed by atoms with E-state index in [4.69, 9.17) is 0 Å². The van der Waals surface area contributed by atoms with Crippen LogP contribution >= 0.6 is 0 Å². The van der Waals surface area contributed by atoms with Crippen LogP contribution in [0.5, 0.6) is 0 Å². The molecule has 0 nitrogen and oxygen atoms in total. The Morgan fingerprint density at radius 3 is 1.83 bits per heavy atom. The molecule has 0 saturated heterocycles. The van der Waals surface area contributed by atoms with Crippen LogP contribution < -0.4 is 0 Å². The summed E-state index contributed by atoms with van der Waals surface area (Å²) in [6, 6.07) is 4.26. The first kappa shape index (κ1) is 4.17. The van der Waals surface area contributed by atoms with Crippen LogP contribution in [0.2, 0.25) is 0 Å². The third kappa shape index (κ3) is 0.734. The molecule has 0 bridgehead atoms. The second kappa shape index (κ2) is 1.63. The molecule has 1 heterocycles. The fourth-order valence-electron chi connectivity index (χ4n) is 0.384. The van der Waals surface area contributed by atoms with E-state index in [0.29, 0.717) is 0 Å². The molecule has 1 heteroatoms. The number of hydrogen-bond donors (Lipinski definition) is 0. The summed E-state index contributed by atoms with van der Waals surface area (Å²) in [5.74, 6) is 2.29. The van der Waals surface area contributed by atoms with Gasteiger partial charge in [-0.1, -0.05) is 0 Å². The zero-order valence-electron chi connectivity index (χ0n) is 3.72. The molecule has 0 amide bonds. The molecule has 0 atom stereocenters. The first-order chi connectivity index (χ1) is 2.89. The Bertz CT molecular complexity index is 107. The zero-order chi connectivity index (χ0) is 4.41. The fourth-order valence-corrected chi connectivity index (χ4v) is 2.00. The van der Waals surface area contributed by atoms with Crippen molar-refractivity contribution in [1.82, 2.24) is 0 Å². The van der Waals surface area contributed by atoms with E-state index in [9.17, 15) is 0 Å². The van der Waals surface area contributed by atoms with Crippen molar-refractivity contribution in [2.75, 3.05) is 0 Å². The van der Waals surface area contributed by atoms with Crippen LogP contribution in [0, 0.1) is 0 Å². The van der Waals surface area contributed by atoms with Gasteiger partial charge >= 0.3 is 41.3 Å². The van der Waals surface area contributed by atoms with E-state index in [-0.39, 0.29) is 13.4 Å². The van der Waals surface area contributed by atoms with E-state index in [1.165, 1.54) is 0 Å². The van der Waals surface area contributed by atoms with Gasteiger partial charge in [0.25, 0.3) is 0 Å². The van der Waals surface area contributed by atoms with E-state index in [2.05, 4.69) is 27.8 Å². The number of hydrogen-bond acceptors (Lipinski definition) is 0. The van der Waals surface area contributed by atoms with Gasteiger partial charge in [0.15, 0.2) is 0 Å². The van der Waals surface area contributed by atoms with Crippen molar-refractivity contribution < 1.29 is 0 Å². The summed E-state index contributed by atoms with van der Waals surface area (Å²) >= 11 is -0.301. The normalized spacial score (nSPS) is 8.83. The van der Waals surface area contributed by atoms with Crippen molar-refractivity contribution in [2.24, 2.45) is 5.82 Å². The third-order valence-electron chi connectivity index (χ3n) is 0.698. The second-order valence-electron chi connectivity index (χ2n) is 1.26. The van der Waals surface area contributed by atoms with Crippen LogP contribution in [0.25, 0.3) is 0 Å². The van der Waals surface area contributed by atoms with Gasteiger partial charge in [-0.25, -0.2) is 0 Å². The molecule has 0 saturated carbocycles. The summed E-state index contributed by atoms with van der Waals surface area (Å²) in [5, 5.41) is 0. The minimum absolute atomic E-state index is 0.301. The standard InChI is InChI=1S/C5H7Se/c1-6-4-2-3-5-6/h2-5H,1H3/q+1. The Morgan fingerprint density at radius 1 is 1.17 bits per heavy atom. The zero-order valence-corrected chi connectivity index (χ0v) is 5.43. The molecular weight excluding hydrogens is 139 g/mol. The number of rotatable bonds is 0. The first-order valence-corrected chi connectivity index (χ1v) is 5.57. The minimum atomic E-state index is -0.301. The predicted octanol–water partition coefficient (Wildman–Crippen LogP) is 0.968. The summed E-state index contributed by atoms with van der Waals surface area (Å²) in [6.45, 7) is 0. The molecule has 32 valence electrons. The predicted molar refractivity (Wildman–Crippen MR) is 29.0 cm³/mol. The molecule has 0 aliphatic heterocycles. The van der Waals surface area contributed by atoms with E-state index < -0.39 is 0 Å². The van der Waals surface area contributed by atoms with E-state index in [1.807, 2.05) is 0 Å². The monoisotopic (exact) mass is 147 g/mol. The Kier molecular flexibility index (Phi) is 1.13. The molecule has 1 aromatic heterocycles. The van der Waals surface area contributed by atoms with Crippen molar-refractivity contribution in [2.45, 2.75) is 0 Å². The maximum absolute atomic E-state index is 2.29. The van der Waals surface area contributed by atoms with Gasteiger partial charge in [-0.2, -0.15) is 0 Å². The molecule has 0 N–H and O–H groups in total. The van der Waals surface area contributed by atoms with Crippen molar-refractivity contribution in [3.05, 3.63) is 22.0 Å². The second-order valence-corrected chi connectivity index (χ2v) is 4.96. The number of aryl methyl sites for hydroxylation is 1. The van der Waals surface area contributed by atoms with Gasteiger partial charge in [0.2, 0.25) is 0 Å². The Balaban J connectivity index is 3.05. The van der Waals surface area contributed by atoms with Crippen LogP contribution in [0.4, 0.5) is 0 Å². The van der Waals surface area contributed by atoms with E-state index in [0.717, 1.165) is 0 Å². The van der Waals surface area contributed by atoms with Crippen LogP contribution in [0.3, 0.4) is 0 Å². The van der Waals surface area contributed by atoms with Gasteiger partial charge in [0.05, 0.1) is 0 Å². The molecule has 0 aliphatic carbocycles. The average Bonchev–Trinajstić information content (AvgIpc) is 1.86. The Hall–Kier alpha value is -0.000519. The molecule has 0 unspecified atom stereocenters. The van der Waals surface area contributed by atoms with Gasteiger partial charge in [-0.15, -0.1) is 0 Å². The molecule has 0 fully saturated rings. The molecule has 0 aromatic carbocycles. The Morgan fingerprint density at radius 2 is 1.67 bits per heavy atom. The van der Waals surface area contributed by atoms with Crippen LogP contribution in [0.15, 0.2) is 22.0 Å². The van der Waals surface area contributed by atoms with Gasteiger partial charge in [0, 0.05) is 0 Å². The molecular formula is C5H7Se+. The van der Waals surface area contributed by atoms with Crippen molar-refractivity contribution in [1.29, 1.82) is 0 Å². The maximum atomic E-state index is 2.29. The van der Waals surface area contributed by atoms with E-state index in [1.54, 1.807) is 0 Å². The molecule has 0 radical (unpaired) electrons. The summed E-state index contributed by atoms with van der Waals surface area (Å²) in [7, 11) is 0. The fraction of sp³-hybridized carbons (Fsp3) is 0.200. The molecule has 1 rings (SSSR count). The SMILES string of the molecule is C[se+]1cccc1. The summed E-state index contributed by atoms with van der Waals surface area (Å²) < 4.78 is 0. The summed E-state index contributed by atoms with van der Waals surface area (Å²) in [4.78, 5) is 4.58. The molecule has 1 aromatic rings. The third-order valence-corrected chi connectivity index (χ3v) is 3.16. The summed E-state index contributed by atoms with van der Waals surface area (Å²) in [5.41, 5.74) is 0. The molecule has 0 aliphatic rings. The van der Waals surface area contributed by atoms with Gasteiger partial charge < -0.3 is 0 Å². The first-order valence-electron chi connectivity index (χ1n) is 1.88. The average molecular weight is 146 g/mol. The van der Waals surface area contributed by atoms with Crippen molar-refractivity contribution in [3.63, 3.8) is 0 Å². The topological polar surface area (TPSA) is 0 Å². The quantitative estimate of drug-likeness (QED) is 0.478.